The molecule has 0 spiro atoms. The summed E-state index contributed by atoms with van der Waals surface area (Å²) in [4.78, 5) is 19.7. The number of amides is 1. The van der Waals surface area contributed by atoms with Crippen molar-refractivity contribution in [2.24, 2.45) is 11.3 Å². The van der Waals surface area contributed by atoms with E-state index in [0.29, 0.717) is 11.8 Å². The molecular formula is C28H37N3O3. The largest absolute Gasteiger partial charge is 0.472 e. The topological polar surface area (TPSA) is 63.7 Å². The van der Waals surface area contributed by atoms with Crippen molar-refractivity contribution in [3.8, 4) is 17.0 Å². The molecule has 1 unspecified atom stereocenters. The molecule has 6 rings (SSSR count). The minimum atomic E-state index is -0.296. The Kier molecular flexibility index (Phi) is 5.83. The second-order valence-electron chi connectivity index (χ2n) is 11.8. The van der Waals surface area contributed by atoms with E-state index in [2.05, 4.69) is 47.2 Å². The van der Waals surface area contributed by atoms with E-state index in [-0.39, 0.29) is 29.3 Å². The third kappa shape index (κ3) is 4.78. The second kappa shape index (κ2) is 8.56. The van der Waals surface area contributed by atoms with Crippen molar-refractivity contribution in [3.63, 3.8) is 0 Å². The van der Waals surface area contributed by atoms with E-state index in [4.69, 9.17) is 9.47 Å². The molecular weight excluding hydrogens is 426 g/mol. The van der Waals surface area contributed by atoms with Crippen LogP contribution in [0.3, 0.4) is 0 Å². The van der Waals surface area contributed by atoms with Crippen LogP contribution in [0.25, 0.3) is 11.1 Å². The quantitative estimate of drug-likeness (QED) is 0.660. The number of alkyl carbamates (subject to hydrolysis) is 1. The fraction of sp³-hybridized carbons (Fsp3) is 0.571. The number of aromatic nitrogens is 1. The third-order valence-corrected chi connectivity index (χ3v) is 7.48. The summed E-state index contributed by atoms with van der Waals surface area (Å²) in [6, 6.07) is 10.5. The van der Waals surface area contributed by atoms with Crippen LogP contribution < -0.4 is 10.1 Å². The SMILES string of the molecule is CC(C)(C)Oc1cc(-c2ccc3c(c2)CC(C)(C)C3NC(=O)O[C@H]2CN3CCC2CC3)ccn1. The Balaban J connectivity index is 1.32. The summed E-state index contributed by atoms with van der Waals surface area (Å²) in [5.74, 6) is 1.13. The normalized spacial score (nSPS) is 27.2. The van der Waals surface area contributed by atoms with Crippen LogP contribution in [0.5, 0.6) is 5.88 Å². The van der Waals surface area contributed by atoms with E-state index in [1.807, 2.05) is 32.9 Å². The number of nitrogens with one attached hydrogen (secondary N) is 1. The lowest BCUT2D eigenvalue weighted by atomic mass is 9.85. The molecule has 1 aliphatic carbocycles. The summed E-state index contributed by atoms with van der Waals surface area (Å²) in [6.07, 6.45) is 4.70. The number of piperidine rings is 3. The molecule has 1 aromatic heterocycles. The van der Waals surface area contributed by atoms with Crippen LogP contribution in [0.4, 0.5) is 4.79 Å². The number of fused-ring (bicyclic) bond motifs is 4. The first-order valence-electron chi connectivity index (χ1n) is 12.6. The molecule has 4 aliphatic rings. The van der Waals surface area contributed by atoms with Gasteiger partial charge in [-0.05, 0) is 92.8 Å². The average molecular weight is 464 g/mol. The fourth-order valence-corrected chi connectivity index (χ4v) is 5.80. The molecule has 0 radical (unpaired) electrons. The lowest BCUT2D eigenvalue weighted by Crippen LogP contribution is -2.53. The van der Waals surface area contributed by atoms with Crippen molar-refractivity contribution >= 4 is 6.09 Å². The summed E-state index contributed by atoms with van der Waals surface area (Å²) in [7, 11) is 0. The van der Waals surface area contributed by atoms with Gasteiger partial charge in [0.2, 0.25) is 5.88 Å². The number of carbonyl (C=O) groups excluding carboxylic acids is 1. The Hall–Kier alpha value is -2.60. The van der Waals surface area contributed by atoms with Crippen LogP contribution in [-0.2, 0) is 11.2 Å². The number of rotatable bonds is 4. The molecule has 0 saturated carbocycles. The molecule has 6 nitrogen and oxygen atoms in total. The maximum atomic E-state index is 12.9. The van der Waals surface area contributed by atoms with Gasteiger partial charge in [-0.3, -0.25) is 4.90 Å². The Morgan fingerprint density at radius 2 is 1.85 bits per heavy atom. The molecule has 1 amide bonds. The highest BCUT2D eigenvalue weighted by Crippen LogP contribution is 2.46. The predicted molar refractivity (Wildman–Crippen MR) is 133 cm³/mol. The van der Waals surface area contributed by atoms with Crippen LogP contribution in [0, 0.1) is 11.3 Å². The lowest BCUT2D eigenvalue weighted by Gasteiger charge is -2.44. The van der Waals surface area contributed by atoms with Crippen LogP contribution in [-0.4, -0.2) is 47.3 Å². The number of pyridine rings is 1. The minimum absolute atomic E-state index is 0.0186. The zero-order chi connectivity index (χ0) is 24.1. The number of hydrogen-bond donors (Lipinski definition) is 1. The van der Waals surface area contributed by atoms with Gasteiger partial charge in [-0.15, -0.1) is 0 Å². The summed E-state index contributed by atoms with van der Waals surface area (Å²) < 4.78 is 11.9. The molecule has 2 aromatic rings. The number of hydrogen-bond acceptors (Lipinski definition) is 5. The first kappa shape index (κ1) is 23.2. The first-order chi connectivity index (χ1) is 16.1. The van der Waals surface area contributed by atoms with E-state index in [1.54, 1.807) is 6.20 Å². The first-order valence-corrected chi connectivity index (χ1v) is 12.6. The van der Waals surface area contributed by atoms with Crippen molar-refractivity contribution in [3.05, 3.63) is 47.7 Å². The fourth-order valence-electron chi connectivity index (χ4n) is 5.80. The van der Waals surface area contributed by atoms with Crippen molar-refractivity contribution in [2.75, 3.05) is 19.6 Å². The Bertz CT molecular complexity index is 1070. The van der Waals surface area contributed by atoms with Crippen molar-refractivity contribution < 1.29 is 14.3 Å². The molecule has 3 aliphatic heterocycles. The number of carbonyl (C=O) groups is 1. The molecule has 3 fully saturated rings. The smallest absolute Gasteiger partial charge is 0.407 e. The van der Waals surface area contributed by atoms with Gasteiger partial charge in [-0.25, -0.2) is 9.78 Å². The van der Waals surface area contributed by atoms with Crippen molar-refractivity contribution in [1.82, 2.24) is 15.2 Å². The van der Waals surface area contributed by atoms with Crippen LogP contribution in [0.1, 0.15) is 64.6 Å². The molecule has 2 bridgehead atoms. The van der Waals surface area contributed by atoms with E-state index < -0.39 is 0 Å². The molecule has 4 heterocycles. The molecule has 182 valence electrons. The van der Waals surface area contributed by atoms with Gasteiger partial charge in [0, 0.05) is 18.8 Å². The van der Waals surface area contributed by atoms with Gasteiger partial charge in [-0.2, -0.15) is 0 Å². The maximum Gasteiger partial charge on any atom is 0.407 e. The summed E-state index contributed by atoms with van der Waals surface area (Å²) in [5, 5.41) is 3.22. The van der Waals surface area contributed by atoms with Gasteiger partial charge in [-0.1, -0.05) is 32.0 Å². The number of nitrogens with zero attached hydrogens (tertiary/aromatic N) is 2. The van der Waals surface area contributed by atoms with Crippen LogP contribution >= 0.6 is 0 Å². The summed E-state index contributed by atoms with van der Waals surface area (Å²) >= 11 is 0. The lowest BCUT2D eigenvalue weighted by molar-refractivity contribution is -0.0348. The highest BCUT2D eigenvalue weighted by molar-refractivity contribution is 5.70. The molecule has 2 atom stereocenters. The van der Waals surface area contributed by atoms with Gasteiger partial charge in [0.15, 0.2) is 0 Å². The van der Waals surface area contributed by atoms with Gasteiger partial charge >= 0.3 is 6.09 Å². The zero-order valence-electron chi connectivity index (χ0n) is 21.1. The van der Waals surface area contributed by atoms with Crippen LogP contribution in [0.15, 0.2) is 36.5 Å². The molecule has 1 N–H and O–H groups in total. The highest BCUT2D eigenvalue weighted by atomic mass is 16.6. The summed E-state index contributed by atoms with van der Waals surface area (Å²) in [5.41, 5.74) is 4.27. The van der Waals surface area contributed by atoms with Gasteiger partial charge in [0.25, 0.3) is 0 Å². The van der Waals surface area contributed by atoms with E-state index in [0.717, 1.165) is 50.0 Å². The Morgan fingerprint density at radius 1 is 1.12 bits per heavy atom. The number of ether oxygens (including phenoxy) is 2. The Labute approximate surface area is 203 Å². The standard InChI is InChI=1S/C28H37N3O3/c1-27(2,3)34-24-15-20(8-11-29-24)19-6-7-22-21(14-19)16-28(4,5)25(22)30-26(32)33-23-17-31-12-9-18(23)10-13-31/h6-8,11,14-15,18,23,25H,9-10,12-13,16-17H2,1-5H3,(H,30,32)/t23-,25?/m0/s1. The zero-order valence-corrected chi connectivity index (χ0v) is 21.1. The maximum absolute atomic E-state index is 12.9. The predicted octanol–water partition coefficient (Wildman–Crippen LogP) is 5.37. The van der Waals surface area contributed by atoms with Gasteiger partial charge in [0.1, 0.15) is 11.7 Å². The minimum Gasteiger partial charge on any atom is -0.472 e. The van der Waals surface area contributed by atoms with E-state index in [1.165, 1.54) is 11.1 Å². The van der Waals surface area contributed by atoms with Crippen molar-refractivity contribution in [1.29, 1.82) is 0 Å². The Morgan fingerprint density at radius 3 is 2.53 bits per heavy atom. The average Bonchev–Trinajstić information content (AvgIpc) is 3.02. The van der Waals surface area contributed by atoms with Crippen molar-refractivity contribution in [2.45, 2.75) is 71.6 Å². The summed E-state index contributed by atoms with van der Waals surface area (Å²) in [6.45, 7) is 13.6. The van der Waals surface area contributed by atoms with Gasteiger partial charge in [0.05, 0.1) is 6.04 Å². The third-order valence-electron chi connectivity index (χ3n) is 7.48. The van der Waals surface area contributed by atoms with Crippen LogP contribution in [0.2, 0.25) is 0 Å². The second-order valence-corrected chi connectivity index (χ2v) is 11.8. The molecule has 3 saturated heterocycles. The molecule has 1 aromatic carbocycles. The van der Waals surface area contributed by atoms with E-state index in [9.17, 15) is 4.79 Å². The highest BCUT2D eigenvalue weighted by Gasteiger charge is 2.42. The number of benzene rings is 1. The monoisotopic (exact) mass is 463 g/mol. The molecule has 6 heteroatoms. The van der Waals surface area contributed by atoms with E-state index >= 15 is 0 Å². The molecule has 34 heavy (non-hydrogen) atoms. The van der Waals surface area contributed by atoms with Gasteiger partial charge < -0.3 is 14.8 Å².